The monoisotopic (exact) mass is 337 g/mol. The van der Waals surface area contributed by atoms with E-state index in [0.717, 1.165) is 51.0 Å². The van der Waals surface area contributed by atoms with E-state index in [9.17, 15) is 10.2 Å². The van der Waals surface area contributed by atoms with Gasteiger partial charge in [-0.3, -0.25) is 0 Å². The molecule has 3 saturated carbocycles. The molecule has 24 heavy (non-hydrogen) atoms. The largest absolute Gasteiger partial charge is 0.393 e. The third kappa shape index (κ3) is 3.29. The van der Waals surface area contributed by atoms with Gasteiger partial charge in [-0.05, 0) is 98.8 Å². The Balaban J connectivity index is 1.73. The highest BCUT2D eigenvalue weighted by atomic mass is 16.3. The first-order valence-electron chi connectivity index (χ1n) is 10.3. The van der Waals surface area contributed by atoms with Gasteiger partial charge in [0.1, 0.15) is 0 Å². The van der Waals surface area contributed by atoms with Crippen molar-refractivity contribution in [3.05, 3.63) is 0 Å². The third-order valence-corrected chi connectivity index (χ3v) is 8.29. The number of hydrogen-bond donors (Lipinski definition) is 3. The molecule has 0 bridgehead atoms. The Hall–Kier alpha value is -0.120. The average Bonchev–Trinajstić information content (AvgIpc) is 2.50. The predicted molar refractivity (Wildman–Crippen MR) is 98.5 cm³/mol. The summed E-state index contributed by atoms with van der Waals surface area (Å²) in [4.78, 5) is 0. The van der Waals surface area contributed by atoms with Gasteiger partial charge in [-0.25, -0.2) is 0 Å². The fourth-order valence-corrected chi connectivity index (χ4v) is 6.86. The topological polar surface area (TPSA) is 66.5 Å². The lowest BCUT2D eigenvalue weighted by Crippen LogP contribution is -2.54. The van der Waals surface area contributed by atoms with E-state index in [2.05, 4.69) is 20.8 Å². The van der Waals surface area contributed by atoms with E-state index in [4.69, 9.17) is 5.73 Å². The van der Waals surface area contributed by atoms with Gasteiger partial charge in [0.15, 0.2) is 0 Å². The van der Waals surface area contributed by atoms with Crippen molar-refractivity contribution in [1.82, 2.24) is 0 Å². The smallest absolute Gasteiger partial charge is 0.0596 e. The number of nitrogens with two attached hydrogens (primary N) is 1. The minimum Gasteiger partial charge on any atom is -0.393 e. The summed E-state index contributed by atoms with van der Waals surface area (Å²) < 4.78 is 0. The highest BCUT2D eigenvalue weighted by Crippen LogP contribution is 2.62. The zero-order valence-electron chi connectivity index (χ0n) is 16.0. The van der Waals surface area contributed by atoms with Gasteiger partial charge < -0.3 is 15.9 Å². The number of aliphatic hydroxyl groups excluding tert-OH is 2. The first kappa shape index (κ1) is 18.7. The molecule has 2 unspecified atom stereocenters. The Bertz CT molecular complexity index is 442. The molecule has 140 valence electrons. The molecule has 0 heterocycles. The zero-order chi connectivity index (χ0) is 17.5. The first-order chi connectivity index (χ1) is 11.3. The Morgan fingerprint density at radius 1 is 1.12 bits per heavy atom. The molecule has 0 spiro atoms. The molecule has 3 rings (SSSR count). The predicted octanol–water partition coefficient (Wildman–Crippen LogP) is 3.72. The molecule has 3 aliphatic carbocycles. The summed E-state index contributed by atoms with van der Waals surface area (Å²) in [5.41, 5.74) is 6.14. The average molecular weight is 338 g/mol. The van der Waals surface area contributed by atoms with Gasteiger partial charge in [0.25, 0.3) is 0 Å². The minimum absolute atomic E-state index is 0.0626. The molecule has 0 aromatic rings. The minimum atomic E-state index is -0.179. The second kappa shape index (κ2) is 6.89. The van der Waals surface area contributed by atoms with Crippen molar-refractivity contribution in [1.29, 1.82) is 0 Å². The van der Waals surface area contributed by atoms with E-state index in [0.29, 0.717) is 23.2 Å². The van der Waals surface area contributed by atoms with Crippen LogP contribution in [-0.4, -0.2) is 29.0 Å². The molecule has 0 amide bonds. The summed E-state index contributed by atoms with van der Waals surface area (Å²) in [6, 6.07) is 0. The summed E-state index contributed by atoms with van der Waals surface area (Å²) in [6.45, 7) is 7.83. The molecule has 0 saturated heterocycles. The van der Waals surface area contributed by atoms with Gasteiger partial charge in [0.05, 0.1) is 12.2 Å². The molecule has 8 atom stereocenters. The van der Waals surface area contributed by atoms with Crippen molar-refractivity contribution in [3.63, 3.8) is 0 Å². The van der Waals surface area contributed by atoms with Gasteiger partial charge in [-0.1, -0.05) is 20.8 Å². The maximum atomic E-state index is 11.1. The van der Waals surface area contributed by atoms with E-state index < -0.39 is 0 Å². The Morgan fingerprint density at radius 2 is 1.88 bits per heavy atom. The first-order valence-corrected chi connectivity index (χ1v) is 10.3. The van der Waals surface area contributed by atoms with Crippen molar-refractivity contribution in [2.24, 2.45) is 40.2 Å². The van der Waals surface area contributed by atoms with Crippen LogP contribution in [0.2, 0.25) is 0 Å². The molecule has 3 aliphatic rings. The lowest BCUT2D eigenvalue weighted by Gasteiger charge is -2.60. The standard InChI is InChI=1S/C21H39NO2/c1-14(7-9-22)12-20(2)13-15-4-5-16-10-17(23)6-8-21(16,3)18(15)11-19(20)24/h14-19,23-24H,4-13,22H2,1-3H3/t14-,15?,16-,17-,18?,19+,20-,21+/m1/s1. The Kier molecular flexibility index (Phi) is 5.36. The quantitative estimate of drug-likeness (QED) is 0.732. The SMILES string of the molecule is C[C@H](CCN)C[C@]1(C)CC2CC[C@@H]3C[C@H](O)CC[C@]3(C)C2C[C@@H]1O. The number of rotatable bonds is 4. The fourth-order valence-electron chi connectivity index (χ4n) is 6.86. The van der Waals surface area contributed by atoms with Gasteiger partial charge >= 0.3 is 0 Å². The van der Waals surface area contributed by atoms with Crippen LogP contribution in [-0.2, 0) is 0 Å². The highest BCUT2D eigenvalue weighted by Gasteiger charge is 2.55. The summed E-state index contributed by atoms with van der Waals surface area (Å²) in [6.07, 6.45) is 9.71. The van der Waals surface area contributed by atoms with Crippen LogP contribution in [0.4, 0.5) is 0 Å². The van der Waals surface area contributed by atoms with E-state index in [1.54, 1.807) is 0 Å². The maximum absolute atomic E-state index is 11.1. The van der Waals surface area contributed by atoms with E-state index in [1.807, 2.05) is 0 Å². The molecule has 0 aromatic carbocycles. The molecule has 0 radical (unpaired) electrons. The van der Waals surface area contributed by atoms with Crippen molar-refractivity contribution in [3.8, 4) is 0 Å². The number of hydrogen-bond acceptors (Lipinski definition) is 3. The molecular formula is C21H39NO2. The number of fused-ring (bicyclic) bond motifs is 3. The second-order valence-corrected chi connectivity index (χ2v) is 10.1. The molecule has 3 nitrogen and oxygen atoms in total. The van der Waals surface area contributed by atoms with Crippen LogP contribution in [0.1, 0.15) is 78.6 Å². The summed E-state index contributed by atoms with van der Waals surface area (Å²) >= 11 is 0. The Labute approximate surface area is 148 Å². The van der Waals surface area contributed by atoms with Crippen LogP contribution in [0.25, 0.3) is 0 Å². The van der Waals surface area contributed by atoms with Crippen LogP contribution in [0, 0.1) is 34.5 Å². The van der Waals surface area contributed by atoms with Crippen LogP contribution in [0.15, 0.2) is 0 Å². The summed E-state index contributed by atoms with van der Waals surface area (Å²) in [5.74, 6) is 2.68. The van der Waals surface area contributed by atoms with Gasteiger partial charge in [0.2, 0.25) is 0 Å². The van der Waals surface area contributed by atoms with E-state index in [1.165, 1.54) is 19.3 Å². The van der Waals surface area contributed by atoms with Crippen LogP contribution in [0.5, 0.6) is 0 Å². The van der Waals surface area contributed by atoms with E-state index >= 15 is 0 Å². The maximum Gasteiger partial charge on any atom is 0.0596 e. The van der Waals surface area contributed by atoms with Gasteiger partial charge in [-0.15, -0.1) is 0 Å². The van der Waals surface area contributed by atoms with Crippen molar-refractivity contribution in [2.75, 3.05) is 6.54 Å². The lowest BCUT2D eigenvalue weighted by atomic mass is 9.46. The summed E-state index contributed by atoms with van der Waals surface area (Å²) in [5, 5.41) is 21.1. The van der Waals surface area contributed by atoms with Crippen molar-refractivity contribution < 1.29 is 10.2 Å². The molecule has 0 aliphatic heterocycles. The normalized spacial score (nSPS) is 50.0. The third-order valence-electron chi connectivity index (χ3n) is 8.29. The summed E-state index contributed by atoms with van der Waals surface area (Å²) in [7, 11) is 0. The van der Waals surface area contributed by atoms with E-state index in [-0.39, 0.29) is 17.6 Å². The Morgan fingerprint density at radius 3 is 2.58 bits per heavy atom. The van der Waals surface area contributed by atoms with Gasteiger partial charge in [0, 0.05) is 0 Å². The molecule has 4 N–H and O–H groups in total. The van der Waals surface area contributed by atoms with Crippen LogP contribution >= 0.6 is 0 Å². The zero-order valence-corrected chi connectivity index (χ0v) is 16.0. The molecular weight excluding hydrogens is 298 g/mol. The fraction of sp³-hybridized carbons (Fsp3) is 1.00. The second-order valence-electron chi connectivity index (χ2n) is 10.1. The van der Waals surface area contributed by atoms with Crippen LogP contribution in [0.3, 0.4) is 0 Å². The molecule has 3 fully saturated rings. The number of aliphatic hydroxyl groups is 2. The lowest BCUT2D eigenvalue weighted by molar-refractivity contribution is -0.143. The van der Waals surface area contributed by atoms with Crippen LogP contribution < -0.4 is 5.73 Å². The highest BCUT2D eigenvalue weighted by molar-refractivity contribution is 5.05. The van der Waals surface area contributed by atoms with Gasteiger partial charge in [-0.2, -0.15) is 0 Å². The molecule has 3 heteroatoms. The molecule has 0 aromatic heterocycles. The van der Waals surface area contributed by atoms with Crippen molar-refractivity contribution >= 4 is 0 Å². The van der Waals surface area contributed by atoms with Crippen molar-refractivity contribution in [2.45, 2.75) is 90.8 Å².